The molecule has 2 heterocycles. The Balaban J connectivity index is 1.94. The number of hydrogen-bond donors (Lipinski definition) is 2. The molecule has 94 valence electrons. The summed E-state index contributed by atoms with van der Waals surface area (Å²) in [6.07, 6.45) is 2.56. The Bertz CT molecular complexity index is 359. The number of nitrogens with zero attached hydrogens (tertiary/aromatic N) is 1. The van der Waals surface area contributed by atoms with Gasteiger partial charge in [0.15, 0.2) is 0 Å². The number of carbonyl (C=O) groups is 2. The van der Waals surface area contributed by atoms with Crippen molar-refractivity contribution < 1.29 is 14.3 Å². The second-order valence-electron chi connectivity index (χ2n) is 4.76. The number of rotatable bonds is 2. The molecule has 2 aliphatic heterocycles. The van der Waals surface area contributed by atoms with Gasteiger partial charge in [-0.05, 0) is 19.8 Å². The van der Waals surface area contributed by atoms with Gasteiger partial charge in [-0.3, -0.25) is 9.59 Å². The van der Waals surface area contributed by atoms with E-state index in [9.17, 15) is 9.59 Å². The SMILES string of the molecule is CC1(NC(=O)C2=NNC(=O)CC2)CCCOC1. The molecule has 0 aromatic heterocycles. The maximum atomic E-state index is 11.9. The Morgan fingerprint density at radius 3 is 2.94 bits per heavy atom. The van der Waals surface area contributed by atoms with Crippen LogP contribution in [-0.2, 0) is 14.3 Å². The van der Waals surface area contributed by atoms with Gasteiger partial charge in [0.25, 0.3) is 5.91 Å². The van der Waals surface area contributed by atoms with Crippen LogP contribution in [0.15, 0.2) is 5.10 Å². The van der Waals surface area contributed by atoms with Gasteiger partial charge in [-0.15, -0.1) is 0 Å². The van der Waals surface area contributed by atoms with Gasteiger partial charge < -0.3 is 10.1 Å². The molecule has 0 spiro atoms. The third-order valence-electron chi connectivity index (χ3n) is 3.02. The monoisotopic (exact) mass is 239 g/mol. The smallest absolute Gasteiger partial charge is 0.267 e. The van der Waals surface area contributed by atoms with Crippen LogP contribution >= 0.6 is 0 Å². The van der Waals surface area contributed by atoms with Crippen molar-refractivity contribution in [3.63, 3.8) is 0 Å². The number of amides is 2. The van der Waals surface area contributed by atoms with E-state index in [0.717, 1.165) is 19.4 Å². The summed E-state index contributed by atoms with van der Waals surface area (Å²) in [6.45, 7) is 3.24. The summed E-state index contributed by atoms with van der Waals surface area (Å²) in [5.41, 5.74) is 2.39. The first-order chi connectivity index (χ1) is 8.09. The van der Waals surface area contributed by atoms with Crippen LogP contribution in [0.3, 0.4) is 0 Å². The molecule has 2 aliphatic rings. The average Bonchev–Trinajstić information content (AvgIpc) is 2.30. The highest BCUT2D eigenvalue weighted by atomic mass is 16.5. The highest BCUT2D eigenvalue weighted by Crippen LogP contribution is 2.18. The minimum Gasteiger partial charge on any atom is -0.379 e. The van der Waals surface area contributed by atoms with Crippen LogP contribution in [0.5, 0.6) is 0 Å². The maximum Gasteiger partial charge on any atom is 0.267 e. The topological polar surface area (TPSA) is 79.8 Å². The van der Waals surface area contributed by atoms with Crippen molar-refractivity contribution in [1.82, 2.24) is 10.7 Å². The van der Waals surface area contributed by atoms with Gasteiger partial charge in [-0.2, -0.15) is 5.10 Å². The lowest BCUT2D eigenvalue weighted by Crippen LogP contribution is -2.54. The number of hydrazone groups is 1. The van der Waals surface area contributed by atoms with Crippen LogP contribution < -0.4 is 10.7 Å². The number of ether oxygens (including phenoxy) is 1. The molecule has 1 unspecified atom stereocenters. The largest absolute Gasteiger partial charge is 0.379 e. The lowest BCUT2D eigenvalue weighted by atomic mass is 9.94. The van der Waals surface area contributed by atoms with Crippen LogP contribution in [0.1, 0.15) is 32.6 Å². The first kappa shape index (κ1) is 12.0. The highest BCUT2D eigenvalue weighted by molar-refractivity contribution is 6.39. The summed E-state index contributed by atoms with van der Waals surface area (Å²) in [7, 11) is 0. The molecule has 2 rings (SSSR count). The van der Waals surface area contributed by atoms with Gasteiger partial charge in [0.2, 0.25) is 5.91 Å². The van der Waals surface area contributed by atoms with Gasteiger partial charge in [0, 0.05) is 19.4 Å². The average molecular weight is 239 g/mol. The Morgan fingerprint density at radius 2 is 2.35 bits per heavy atom. The molecular weight excluding hydrogens is 222 g/mol. The van der Waals surface area contributed by atoms with Crippen molar-refractivity contribution in [2.24, 2.45) is 5.10 Å². The van der Waals surface area contributed by atoms with Crippen molar-refractivity contribution in [1.29, 1.82) is 0 Å². The van der Waals surface area contributed by atoms with Gasteiger partial charge in [0.05, 0.1) is 12.1 Å². The summed E-state index contributed by atoms with van der Waals surface area (Å²) in [6, 6.07) is 0. The lowest BCUT2D eigenvalue weighted by Gasteiger charge is -2.34. The van der Waals surface area contributed by atoms with Crippen molar-refractivity contribution in [2.75, 3.05) is 13.2 Å². The second kappa shape index (κ2) is 4.83. The van der Waals surface area contributed by atoms with Crippen molar-refractivity contribution in [3.05, 3.63) is 0 Å². The standard InChI is InChI=1S/C11H17N3O3/c1-11(5-2-6-17-7-11)12-10(16)8-3-4-9(15)14-13-8/h2-7H2,1H3,(H,12,16)(H,14,15). The molecule has 0 aliphatic carbocycles. The molecule has 2 amide bonds. The normalized spacial score (nSPS) is 29.2. The number of hydrogen-bond acceptors (Lipinski definition) is 4. The van der Waals surface area contributed by atoms with E-state index in [-0.39, 0.29) is 17.4 Å². The first-order valence-electron chi connectivity index (χ1n) is 5.85. The van der Waals surface area contributed by atoms with Crippen molar-refractivity contribution >= 4 is 17.5 Å². The zero-order valence-electron chi connectivity index (χ0n) is 9.91. The highest BCUT2D eigenvalue weighted by Gasteiger charge is 2.31. The third kappa shape index (κ3) is 3.03. The molecule has 1 atom stereocenters. The molecule has 1 fully saturated rings. The summed E-state index contributed by atoms with van der Waals surface area (Å²) >= 11 is 0. The first-order valence-corrected chi connectivity index (χ1v) is 5.85. The predicted molar refractivity (Wildman–Crippen MR) is 61.4 cm³/mol. The van der Waals surface area contributed by atoms with Crippen LogP contribution in [0.25, 0.3) is 0 Å². The maximum absolute atomic E-state index is 11.9. The Kier molecular flexibility index (Phi) is 3.42. The summed E-state index contributed by atoms with van der Waals surface area (Å²) < 4.78 is 5.37. The molecule has 0 aromatic rings. The van der Waals surface area contributed by atoms with E-state index in [1.165, 1.54) is 0 Å². The Labute approximate surface area is 99.8 Å². The lowest BCUT2D eigenvalue weighted by molar-refractivity contribution is -0.121. The van der Waals surface area contributed by atoms with E-state index in [0.29, 0.717) is 25.2 Å². The fourth-order valence-corrected chi connectivity index (χ4v) is 2.02. The van der Waals surface area contributed by atoms with E-state index < -0.39 is 0 Å². The zero-order chi connectivity index (χ0) is 12.3. The minimum absolute atomic E-state index is 0.145. The Hall–Kier alpha value is -1.43. The Morgan fingerprint density at radius 1 is 1.53 bits per heavy atom. The molecule has 1 saturated heterocycles. The fraction of sp³-hybridized carbons (Fsp3) is 0.727. The zero-order valence-corrected chi connectivity index (χ0v) is 9.91. The summed E-state index contributed by atoms with van der Waals surface area (Å²) in [5.74, 6) is -0.355. The molecule has 6 heteroatoms. The van der Waals surface area contributed by atoms with E-state index in [4.69, 9.17) is 4.74 Å². The molecule has 6 nitrogen and oxygen atoms in total. The number of nitrogens with one attached hydrogen (secondary N) is 2. The van der Waals surface area contributed by atoms with Crippen molar-refractivity contribution in [3.8, 4) is 0 Å². The van der Waals surface area contributed by atoms with Crippen LogP contribution in [0, 0.1) is 0 Å². The van der Waals surface area contributed by atoms with Gasteiger partial charge in [0.1, 0.15) is 5.71 Å². The molecular formula is C11H17N3O3. The van der Waals surface area contributed by atoms with Crippen LogP contribution in [0.4, 0.5) is 0 Å². The quantitative estimate of drug-likeness (QED) is 0.708. The van der Waals surface area contributed by atoms with E-state index in [1.807, 2.05) is 6.92 Å². The summed E-state index contributed by atoms with van der Waals surface area (Å²) in [5, 5.41) is 6.71. The minimum atomic E-state index is -0.320. The second-order valence-corrected chi connectivity index (χ2v) is 4.76. The van der Waals surface area contributed by atoms with E-state index in [1.54, 1.807) is 0 Å². The fourth-order valence-electron chi connectivity index (χ4n) is 2.02. The predicted octanol–water partition coefficient (Wildman–Crippen LogP) is -0.0623. The summed E-state index contributed by atoms with van der Waals surface area (Å²) in [4.78, 5) is 22.8. The van der Waals surface area contributed by atoms with Crippen molar-refractivity contribution in [2.45, 2.75) is 38.1 Å². The van der Waals surface area contributed by atoms with E-state index >= 15 is 0 Å². The molecule has 0 radical (unpaired) electrons. The molecule has 17 heavy (non-hydrogen) atoms. The number of carbonyl (C=O) groups excluding carboxylic acids is 2. The van der Waals surface area contributed by atoms with E-state index in [2.05, 4.69) is 15.8 Å². The molecule has 0 bridgehead atoms. The molecule has 2 N–H and O–H groups in total. The molecule has 0 aromatic carbocycles. The van der Waals surface area contributed by atoms with Crippen LogP contribution in [-0.4, -0.2) is 36.3 Å². The third-order valence-corrected chi connectivity index (χ3v) is 3.02. The van der Waals surface area contributed by atoms with Crippen LogP contribution in [0.2, 0.25) is 0 Å². The van der Waals surface area contributed by atoms with Gasteiger partial charge >= 0.3 is 0 Å². The molecule has 0 saturated carbocycles. The van der Waals surface area contributed by atoms with Gasteiger partial charge in [-0.1, -0.05) is 0 Å². The van der Waals surface area contributed by atoms with Gasteiger partial charge in [-0.25, -0.2) is 5.43 Å².